The average molecular weight is 396 g/mol. The monoisotopic (exact) mass is 396 g/mol. The maximum absolute atomic E-state index is 12.3. The molecule has 2 aromatic carbocycles. The van der Waals surface area contributed by atoms with Crippen LogP contribution in [0.3, 0.4) is 0 Å². The summed E-state index contributed by atoms with van der Waals surface area (Å²) in [5.74, 6) is 0.618. The standard InChI is InChI=1S/C20H14F2N4O3/c21-20(22)28-15-8-6-13(7-9-15)16-10-11-18(27)26(25-16)12-17-23-24-19(29-17)14-4-2-1-3-5-14/h1-11,20H,12H2. The predicted molar refractivity (Wildman–Crippen MR) is 99.4 cm³/mol. The quantitative estimate of drug-likeness (QED) is 0.495. The van der Waals surface area contributed by atoms with E-state index in [1.165, 1.54) is 22.9 Å². The first-order valence-corrected chi connectivity index (χ1v) is 8.60. The molecule has 0 aliphatic carbocycles. The van der Waals surface area contributed by atoms with E-state index in [0.717, 1.165) is 5.56 Å². The van der Waals surface area contributed by atoms with Crippen molar-refractivity contribution >= 4 is 0 Å². The first-order chi connectivity index (χ1) is 14.1. The zero-order valence-electron chi connectivity index (χ0n) is 14.9. The van der Waals surface area contributed by atoms with Crippen LogP contribution >= 0.6 is 0 Å². The highest BCUT2D eigenvalue weighted by molar-refractivity contribution is 5.59. The summed E-state index contributed by atoms with van der Waals surface area (Å²) in [5.41, 5.74) is 1.55. The van der Waals surface area contributed by atoms with Gasteiger partial charge in [-0.2, -0.15) is 13.9 Å². The largest absolute Gasteiger partial charge is 0.435 e. The lowest BCUT2D eigenvalue weighted by Crippen LogP contribution is -2.23. The molecule has 29 heavy (non-hydrogen) atoms. The molecule has 0 amide bonds. The Bertz CT molecular complexity index is 1160. The lowest BCUT2D eigenvalue weighted by atomic mass is 10.1. The summed E-state index contributed by atoms with van der Waals surface area (Å²) < 4.78 is 35.7. The molecule has 9 heteroatoms. The molecule has 0 aliphatic heterocycles. The van der Waals surface area contributed by atoms with Gasteiger partial charge in [-0.15, -0.1) is 10.2 Å². The van der Waals surface area contributed by atoms with Crippen LogP contribution in [0.1, 0.15) is 5.89 Å². The van der Waals surface area contributed by atoms with E-state index >= 15 is 0 Å². The van der Waals surface area contributed by atoms with E-state index in [4.69, 9.17) is 4.42 Å². The average Bonchev–Trinajstić information content (AvgIpc) is 3.19. The van der Waals surface area contributed by atoms with Gasteiger partial charge < -0.3 is 9.15 Å². The second-order valence-electron chi connectivity index (χ2n) is 5.98. The molecule has 0 bridgehead atoms. The highest BCUT2D eigenvalue weighted by Gasteiger charge is 2.11. The van der Waals surface area contributed by atoms with Crippen LogP contribution in [-0.4, -0.2) is 26.6 Å². The second kappa shape index (κ2) is 8.01. The minimum atomic E-state index is -2.89. The number of hydrogen-bond acceptors (Lipinski definition) is 6. The number of aromatic nitrogens is 4. The Morgan fingerprint density at radius 3 is 2.41 bits per heavy atom. The number of nitrogens with zero attached hydrogens (tertiary/aromatic N) is 4. The van der Waals surface area contributed by atoms with Crippen LogP contribution in [0.2, 0.25) is 0 Å². The normalized spacial score (nSPS) is 11.0. The summed E-state index contributed by atoms with van der Waals surface area (Å²) in [5, 5.41) is 12.3. The van der Waals surface area contributed by atoms with Crippen LogP contribution in [0.4, 0.5) is 8.78 Å². The van der Waals surface area contributed by atoms with Crippen LogP contribution in [0, 0.1) is 0 Å². The zero-order valence-corrected chi connectivity index (χ0v) is 14.9. The molecule has 0 saturated heterocycles. The Morgan fingerprint density at radius 2 is 1.69 bits per heavy atom. The Balaban J connectivity index is 1.56. The fourth-order valence-electron chi connectivity index (χ4n) is 2.67. The molecule has 2 heterocycles. The fraction of sp³-hybridized carbons (Fsp3) is 0.100. The lowest BCUT2D eigenvalue weighted by molar-refractivity contribution is -0.0498. The second-order valence-corrected chi connectivity index (χ2v) is 5.98. The van der Waals surface area contributed by atoms with Gasteiger partial charge in [0.15, 0.2) is 0 Å². The van der Waals surface area contributed by atoms with E-state index in [0.29, 0.717) is 17.1 Å². The fourth-order valence-corrected chi connectivity index (χ4v) is 2.67. The summed E-state index contributed by atoms with van der Waals surface area (Å²) in [4.78, 5) is 12.2. The molecule has 7 nitrogen and oxygen atoms in total. The van der Waals surface area contributed by atoms with E-state index < -0.39 is 6.61 Å². The molecule has 4 aromatic rings. The van der Waals surface area contributed by atoms with Gasteiger partial charge in [0, 0.05) is 17.2 Å². The molecule has 0 unspecified atom stereocenters. The van der Waals surface area contributed by atoms with Gasteiger partial charge in [-0.05, 0) is 42.5 Å². The molecule has 0 spiro atoms. The van der Waals surface area contributed by atoms with E-state index in [1.807, 2.05) is 30.3 Å². The van der Waals surface area contributed by atoms with Crippen molar-refractivity contribution in [2.45, 2.75) is 13.2 Å². The highest BCUT2D eigenvalue weighted by atomic mass is 19.3. The Hall–Kier alpha value is -3.88. The van der Waals surface area contributed by atoms with Crippen LogP contribution in [-0.2, 0) is 6.54 Å². The van der Waals surface area contributed by atoms with Gasteiger partial charge in [0.05, 0.1) is 5.69 Å². The van der Waals surface area contributed by atoms with Crippen molar-refractivity contribution in [2.24, 2.45) is 0 Å². The molecular weight excluding hydrogens is 382 g/mol. The third-order valence-electron chi connectivity index (χ3n) is 4.01. The SMILES string of the molecule is O=c1ccc(-c2ccc(OC(F)F)cc2)nn1Cc1nnc(-c2ccccc2)o1. The summed E-state index contributed by atoms with van der Waals surface area (Å²) >= 11 is 0. The van der Waals surface area contributed by atoms with Crippen molar-refractivity contribution in [3.63, 3.8) is 0 Å². The van der Waals surface area contributed by atoms with Crippen molar-refractivity contribution in [3.8, 4) is 28.5 Å². The molecular formula is C20H14F2N4O3. The minimum absolute atomic E-state index is 0.000909. The summed E-state index contributed by atoms with van der Waals surface area (Å²) in [6.07, 6.45) is 0. The smallest absolute Gasteiger partial charge is 0.387 e. The third kappa shape index (κ3) is 4.34. The zero-order chi connectivity index (χ0) is 20.2. The topological polar surface area (TPSA) is 83.0 Å². The summed E-state index contributed by atoms with van der Waals surface area (Å²) in [6, 6.07) is 18.1. The molecule has 0 radical (unpaired) electrons. The maximum Gasteiger partial charge on any atom is 0.387 e. The molecule has 0 N–H and O–H groups in total. The predicted octanol–water partition coefficient (Wildman–Crippen LogP) is 3.61. The molecule has 2 aromatic heterocycles. The number of ether oxygens (including phenoxy) is 1. The Kier molecular flexibility index (Phi) is 5.10. The van der Waals surface area contributed by atoms with Gasteiger partial charge in [-0.1, -0.05) is 18.2 Å². The number of alkyl halides is 2. The van der Waals surface area contributed by atoms with Gasteiger partial charge in [0.25, 0.3) is 5.56 Å². The van der Waals surface area contributed by atoms with E-state index in [2.05, 4.69) is 20.0 Å². The van der Waals surface area contributed by atoms with Crippen molar-refractivity contribution < 1.29 is 17.9 Å². The number of benzene rings is 2. The third-order valence-corrected chi connectivity index (χ3v) is 4.01. The molecule has 0 atom stereocenters. The molecule has 0 saturated carbocycles. The van der Waals surface area contributed by atoms with Crippen LogP contribution in [0.5, 0.6) is 5.75 Å². The molecule has 146 valence electrons. The number of hydrogen-bond donors (Lipinski definition) is 0. The lowest BCUT2D eigenvalue weighted by Gasteiger charge is -2.07. The van der Waals surface area contributed by atoms with Crippen molar-refractivity contribution in [2.75, 3.05) is 0 Å². The van der Waals surface area contributed by atoms with Gasteiger partial charge >= 0.3 is 6.61 Å². The summed E-state index contributed by atoms with van der Waals surface area (Å²) in [7, 11) is 0. The molecule has 0 fully saturated rings. The van der Waals surface area contributed by atoms with E-state index in [9.17, 15) is 13.6 Å². The molecule has 4 rings (SSSR count). The van der Waals surface area contributed by atoms with Gasteiger partial charge in [0.2, 0.25) is 11.8 Å². The van der Waals surface area contributed by atoms with Crippen molar-refractivity contribution in [1.82, 2.24) is 20.0 Å². The van der Waals surface area contributed by atoms with Crippen molar-refractivity contribution in [1.29, 1.82) is 0 Å². The number of rotatable bonds is 6. The van der Waals surface area contributed by atoms with Crippen LogP contribution in [0.25, 0.3) is 22.7 Å². The van der Waals surface area contributed by atoms with Crippen LogP contribution < -0.4 is 10.3 Å². The Labute approximate surface area is 163 Å². The first kappa shape index (κ1) is 18.5. The van der Waals surface area contributed by atoms with Crippen molar-refractivity contribution in [3.05, 3.63) is 83.0 Å². The highest BCUT2D eigenvalue weighted by Crippen LogP contribution is 2.21. The van der Waals surface area contributed by atoms with Gasteiger partial charge in [-0.25, -0.2) is 4.68 Å². The van der Waals surface area contributed by atoms with E-state index in [-0.39, 0.29) is 23.7 Å². The van der Waals surface area contributed by atoms with E-state index in [1.54, 1.807) is 18.2 Å². The molecule has 0 aliphatic rings. The first-order valence-electron chi connectivity index (χ1n) is 8.60. The van der Waals surface area contributed by atoms with Gasteiger partial charge in [-0.3, -0.25) is 4.79 Å². The maximum atomic E-state index is 12.3. The number of halogens is 2. The van der Waals surface area contributed by atoms with Crippen LogP contribution in [0.15, 0.2) is 75.9 Å². The van der Waals surface area contributed by atoms with Gasteiger partial charge in [0.1, 0.15) is 12.3 Å². The Morgan fingerprint density at radius 1 is 0.931 bits per heavy atom. The minimum Gasteiger partial charge on any atom is -0.435 e. The summed E-state index contributed by atoms with van der Waals surface area (Å²) in [6.45, 7) is -2.89.